The summed E-state index contributed by atoms with van der Waals surface area (Å²) in [7, 11) is 0. The molecule has 3 amide bonds. The van der Waals surface area contributed by atoms with Gasteiger partial charge in [-0.25, -0.2) is 0 Å². The highest BCUT2D eigenvalue weighted by Gasteiger charge is 2.55. The van der Waals surface area contributed by atoms with Gasteiger partial charge in [-0.05, 0) is 48.9 Å². The fourth-order valence-electron chi connectivity index (χ4n) is 4.35. The zero-order chi connectivity index (χ0) is 22.9. The second kappa shape index (κ2) is 8.39. The minimum atomic E-state index is -0.899. The van der Waals surface area contributed by atoms with Crippen LogP contribution in [0, 0.1) is 0 Å². The number of rotatable bonds is 6. The van der Waals surface area contributed by atoms with E-state index in [0.29, 0.717) is 29.2 Å². The first-order valence-electron chi connectivity index (χ1n) is 10.9. The van der Waals surface area contributed by atoms with Crippen LogP contribution in [0.2, 0.25) is 0 Å². The Kier molecular flexibility index (Phi) is 5.26. The molecule has 0 aliphatic carbocycles. The van der Waals surface area contributed by atoms with Crippen molar-refractivity contribution in [3.05, 3.63) is 102 Å². The van der Waals surface area contributed by atoms with Gasteiger partial charge in [-0.3, -0.25) is 19.3 Å². The van der Waals surface area contributed by atoms with Crippen LogP contribution in [-0.4, -0.2) is 41.3 Å². The van der Waals surface area contributed by atoms with Crippen LogP contribution in [0.25, 0.3) is 6.08 Å². The van der Waals surface area contributed by atoms with Gasteiger partial charge in [-0.15, -0.1) is 0 Å². The first kappa shape index (κ1) is 20.7. The van der Waals surface area contributed by atoms with E-state index in [0.717, 1.165) is 10.5 Å². The summed E-state index contributed by atoms with van der Waals surface area (Å²) in [6.45, 7) is 2.45. The fourth-order valence-corrected chi connectivity index (χ4v) is 4.35. The number of carbonyl (C=O) groups excluding carboxylic acids is 3. The molecule has 6 nitrogen and oxygen atoms in total. The van der Waals surface area contributed by atoms with E-state index in [1.165, 1.54) is 0 Å². The second-order valence-electron chi connectivity index (χ2n) is 7.87. The number of hydrogen-bond acceptors (Lipinski definition) is 4. The van der Waals surface area contributed by atoms with Crippen molar-refractivity contribution >= 4 is 29.5 Å². The lowest BCUT2D eigenvalue weighted by atomic mass is 9.91. The fraction of sp³-hybridized carbons (Fsp3) is 0.148. The van der Waals surface area contributed by atoms with Crippen molar-refractivity contribution in [3.63, 3.8) is 0 Å². The molecule has 33 heavy (non-hydrogen) atoms. The molecule has 0 N–H and O–H groups in total. The standard InChI is InChI=1S/C27H22N2O4/c1-2-33-20-15-13-19(14-16-20)28-23(17-12-18-8-4-3-5-9-18)24(27(28)32)29-25(30)21-10-6-7-11-22(21)26(29)31/h3-17,23-24H,2H2,1H3/b17-12+/t23-,24+/m1/s1. The highest BCUT2D eigenvalue weighted by molar-refractivity contribution is 6.24. The molecule has 2 heterocycles. The third-order valence-electron chi connectivity index (χ3n) is 5.93. The number of fused-ring (bicyclic) bond motifs is 1. The third-order valence-corrected chi connectivity index (χ3v) is 5.93. The van der Waals surface area contributed by atoms with Gasteiger partial charge in [0.15, 0.2) is 0 Å². The van der Waals surface area contributed by atoms with Crippen molar-refractivity contribution in [3.8, 4) is 5.75 Å². The smallest absolute Gasteiger partial charge is 0.262 e. The monoisotopic (exact) mass is 438 g/mol. The molecule has 164 valence electrons. The molecule has 1 fully saturated rings. The van der Waals surface area contributed by atoms with Gasteiger partial charge in [0.2, 0.25) is 0 Å². The molecule has 3 aromatic rings. The molecule has 0 saturated carbocycles. The van der Waals surface area contributed by atoms with Crippen molar-refractivity contribution < 1.29 is 19.1 Å². The van der Waals surface area contributed by atoms with E-state index in [1.54, 1.807) is 41.3 Å². The SMILES string of the molecule is CCOc1ccc(N2C(=O)[C@@H](N3C(=O)c4ccccc4C3=O)[C@H]2/C=C/c2ccccc2)cc1. The molecule has 5 rings (SSSR count). The van der Waals surface area contributed by atoms with Gasteiger partial charge in [0.25, 0.3) is 17.7 Å². The Morgan fingerprint density at radius 3 is 2.00 bits per heavy atom. The van der Waals surface area contributed by atoms with Crippen LogP contribution >= 0.6 is 0 Å². The van der Waals surface area contributed by atoms with Gasteiger partial charge in [0.05, 0.1) is 23.8 Å². The molecule has 2 aliphatic heterocycles. The topological polar surface area (TPSA) is 66.9 Å². The van der Waals surface area contributed by atoms with Gasteiger partial charge in [-0.2, -0.15) is 0 Å². The molecule has 1 saturated heterocycles. The number of amides is 3. The lowest BCUT2D eigenvalue weighted by Crippen LogP contribution is -2.71. The van der Waals surface area contributed by atoms with Crippen LogP contribution in [-0.2, 0) is 4.79 Å². The molecule has 3 aromatic carbocycles. The van der Waals surface area contributed by atoms with Crippen molar-refractivity contribution in [2.24, 2.45) is 0 Å². The van der Waals surface area contributed by atoms with Gasteiger partial charge >= 0.3 is 0 Å². The molecule has 2 atom stereocenters. The van der Waals surface area contributed by atoms with E-state index in [-0.39, 0.29) is 5.91 Å². The highest BCUT2D eigenvalue weighted by atomic mass is 16.5. The number of hydrogen-bond donors (Lipinski definition) is 0. The maximum Gasteiger partial charge on any atom is 0.262 e. The van der Waals surface area contributed by atoms with E-state index < -0.39 is 23.9 Å². The average molecular weight is 438 g/mol. The predicted molar refractivity (Wildman–Crippen MR) is 125 cm³/mol. The van der Waals surface area contributed by atoms with Crippen molar-refractivity contribution in [2.45, 2.75) is 19.0 Å². The predicted octanol–water partition coefficient (Wildman–Crippen LogP) is 4.18. The maximum absolute atomic E-state index is 13.3. The summed E-state index contributed by atoms with van der Waals surface area (Å²) in [4.78, 5) is 42.2. The van der Waals surface area contributed by atoms with Crippen LogP contribution in [0.15, 0.2) is 84.9 Å². The molecular formula is C27H22N2O4. The van der Waals surface area contributed by atoms with Gasteiger partial charge < -0.3 is 9.64 Å². The van der Waals surface area contributed by atoms with E-state index in [1.807, 2.05) is 61.5 Å². The normalized spacial score (nSPS) is 19.7. The van der Waals surface area contributed by atoms with Crippen molar-refractivity contribution in [1.82, 2.24) is 4.90 Å². The number of carbonyl (C=O) groups is 3. The lowest BCUT2D eigenvalue weighted by molar-refractivity contribution is -0.128. The Labute approximate surface area is 191 Å². The summed E-state index contributed by atoms with van der Waals surface area (Å²) in [5.74, 6) is -0.448. The lowest BCUT2D eigenvalue weighted by Gasteiger charge is -2.48. The molecule has 0 spiro atoms. The first-order valence-corrected chi connectivity index (χ1v) is 10.9. The maximum atomic E-state index is 13.3. The Morgan fingerprint density at radius 1 is 0.788 bits per heavy atom. The summed E-state index contributed by atoms with van der Waals surface area (Å²) >= 11 is 0. The molecule has 2 aliphatic rings. The van der Waals surface area contributed by atoms with Crippen LogP contribution in [0.4, 0.5) is 5.69 Å². The van der Waals surface area contributed by atoms with Crippen molar-refractivity contribution in [1.29, 1.82) is 0 Å². The molecule has 6 heteroatoms. The van der Waals surface area contributed by atoms with Gasteiger partial charge in [0.1, 0.15) is 11.8 Å². The third kappa shape index (κ3) is 3.49. The van der Waals surface area contributed by atoms with E-state index in [9.17, 15) is 14.4 Å². The summed E-state index contributed by atoms with van der Waals surface area (Å²) in [6, 6.07) is 22.2. The summed E-state index contributed by atoms with van der Waals surface area (Å²) in [5.41, 5.74) is 2.31. The average Bonchev–Trinajstić information content (AvgIpc) is 3.09. The van der Waals surface area contributed by atoms with E-state index in [2.05, 4.69) is 0 Å². The van der Waals surface area contributed by atoms with Gasteiger partial charge in [-0.1, -0.05) is 54.6 Å². The summed E-state index contributed by atoms with van der Waals surface area (Å²) < 4.78 is 5.50. The highest BCUT2D eigenvalue weighted by Crippen LogP contribution is 2.37. The quantitative estimate of drug-likeness (QED) is 0.428. The molecule has 0 aromatic heterocycles. The number of β-lactam (4-membered cyclic amide) rings is 1. The minimum absolute atomic E-state index is 0.295. The number of anilines is 1. The van der Waals surface area contributed by atoms with Crippen LogP contribution in [0.3, 0.4) is 0 Å². The molecule has 0 radical (unpaired) electrons. The zero-order valence-electron chi connectivity index (χ0n) is 18.0. The van der Waals surface area contributed by atoms with E-state index >= 15 is 0 Å². The van der Waals surface area contributed by atoms with Gasteiger partial charge in [0, 0.05) is 5.69 Å². The van der Waals surface area contributed by atoms with E-state index in [4.69, 9.17) is 4.74 Å². The summed E-state index contributed by atoms with van der Waals surface area (Å²) in [5, 5.41) is 0. The number of benzene rings is 3. The van der Waals surface area contributed by atoms with Crippen LogP contribution in [0.5, 0.6) is 5.75 Å². The second-order valence-corrected chi connectivity index (χ2v) is 7.87. The molecule has 0 bridgehead atoms. The largest absolute Gasteiger partial charge is 0.494 e. The van der Waals surface area contributed by atoms with Crippen molar-refractivity contribution in [2.75, 3.05) is 11.5 Å². The number of imide groups is 1. The first-order chi connectivity index (χ1) is 16.1. The Morgan fingerprint density at radius 2 is 1.39 bits per heavy atom. The van der Waals surface area contributed by atoms with Crippen LogP contribution in [0.1, 0.15) is 33.2 Å². The summed E-state index contributed by atoms with van der Waals surface area (Å²) in [6.07, 6.45) is 3.78. The Hall–Kier alpha value is -4.19. The zero-order valence-corrected chi connectivity index (χ0v) is 18.0. The number of nitrogens with zero attached hydrogens (tertiary/aromatic N) is 2. The Bertz CT molecular complexity index is 1220. The molecule has 0 unspecified atom stereocenters. The molecular weight excluding hydrogens is 416 g/mol. The Balaban J connectivity index is 1.50. The number of ether oxygens (including phenoxy) is 1. The van der Waals surface area contributed by atoms with Crippen LogP contribution < -0.4 is 9.64 Å². The minimum Gasteiger partial charge on any atom is -0.494 e.